The predicted octanol–water partition coefficient (Wildman–Crippen LogP) is 3.49. The van der Waals surface area contributed by atoms with E-state index in [0.29, 0.717) is 17.3 Å². The van der Waals surface area contributed by atoms with Gasteiger partial charge in [-0.05, 0) is 48.9 Å². The van der Waals surface area contributed by atoms with Crippen LogP contribution < -0.4 is 15.4 Å². The number of rotatable bonds is 7. The minimum absolute atomic E-state index is 0.190. The molecule has 4 rings (SSSR count). The predicted molar refractivity (Wildman–Crippen MR) is 122 cm³/mol. The molecule has 8 nitrogen and oxygen atoms in total. The van der Waals surface area contributed by atoms with Crippen molar-refractivity contribution in [2.24, 2.45) is 0 Å². The van der Waals surface area contributed by atoms with Gasteiger partial charge < -0.3 is 19.9 Å². The van der Waals surface area contributed by atoms with Crippen LogP contribution in [-0.4, -0.2) is 39.8 Å². The number of ether oxygens (including phenoxy) is 1. The molecular weight excluding hydrogens is 425 g/mol. The maximum atomic E-state index is 14.4. The maximum Gasteiger partial charge on any atom is 0.257 e. The molecule has 168 valence electrons. The van der Waals surface area contributed by atoms with Crippen molar-refractivity contribution >= 4 is 17.5 Å². The smallest absolute Gasteiger partial charge is 0.257 e. The number of anilines is 1. The number of methoxy groups -OCH3 is 1. The number of amides is 2. The average molecular weight is 447 g/mol. The monoisotopic (exact) mass is 447 g/mol. The maximum absolute atomic E-state index is 14.4. The zero-order valence-corrected chi connectivity index (χ0v) is 18.1. The Kier molecular flexibility index (Phi) is 6.21. The fourth-order valence-electron chi connectivity index (χ4n) is 3.40. The van der Waals surface area contributed by atoms with Crippen molar-refractivity contribution < 1.29 is 18.7 Å². The summed E-state index contributed by atoms with van der Waals surface area (Å²) in [5, 5.41) is 9.57. The Morgan fingerprint density at radius 3 is 2.58 bits per heavy atom. The van der Waals surface area contributed by atoms with Gasteiger partial charge in [-0.2, -0.15) is 5.10 Å². The lowest BCUT2D eigenvalue weighted by Gasteiger charge is -2.13. The molecule has 2 heterocycles. The molecule has 0 aliphatic carbocycles. The lowest BCUT2D eigenvalue weighted by atomic mass is 10.2. The molecule has 0 radical (unpaired) electrons. The third kappa shape index (κ3) is 4.62. The molecule has 0 saturated carbocycles. The number of carbonyl (C=O) groups is 2. The number of halogens is 1. The third-order valence-electron chi connectivity index (χ3n) is 4.96. The van der Waals surface area contributed by atoms with E-state index < -0.39 is 17.6 Å². The van der Waals surface area contributed by atoms with Gasteiger partial charge >= 0.3 is 0 Å². The number of aryl methyl sites for hydroxylation is 1. The lowest BCUT2D eigenvalue weighted by Crippen LogP contribution is -2.33. The summed E-state index contributed by atoms with van der Waals surface area (Å²) in [5.74, 6) is -0.555. The van der Waals surface area contributed by atoms with Crippen LogP contribution in [0.5, 0.6) is 5.75 Å². The molecule has 2 amide bonds. The van der Waals surface area contributed by atoms with Gasteiger partial charge in [-0.15, -0.1) is 0 Å². The molecule has 2 N–H and O–H groups in total. The van der Waals surface area contributed by atoms with Crippen LogP contribution in [0.2, 0.25) is 0 Å². The highest BCUT2D eigenvalue weighted by molar-refractivity contribution is 6.01. The van der Waals surface area contributed by atoms with Crippen LogP contribution in [0.1, 0.15) is 15.9 Å². The summed E-state index contributed by atoms with van der Waals surface area (Å²) in [6, 6.07) is 15.1. The molecule has 0 bridgehead atoms. The van der Waals surface area contributed by atoms with Crippen LogP contribution in [0, 0.1) is 12.7 Å². The van der Waals surface area contributed by atoms with Crippen LogP contribution in [0.15, 0.2) is 73.2 Å². The van der Waals surface area contributed by atoms with E-state index in [1.54, 1.807) is 59.4 Å². The molecule has 4 aromatic rings. The van der Waals surface area contributed by atoms with E-state index in [-0.39, 0.29) is 17.8 Å². The number of aromatic nitrogens is 3. The van der Waals surface area contributed by atoms with Crippen molar-refractivity contribution in [1.82, 2.24) is 19.7 Å². The van der Waals surface area contributed by atoms with Crippen molar-refractivity contribution in [2.75, 3.05) is 19.0 Å². The van der Waals surface area contributed by atoms with Crippen molar-refractivity contribution in [3.05, 3.63) is 90.1 Å². The van der Waals surface area contributed by atoms with Crippen LogP contribution in [-0.2, 0) is 4.79 Å². The van der Waals surface area contributed by atoms with Crippen molar-refractivity contribution in [3.63, 3.8) is 0 Å². The van der Waals surface area contributed by atoms with E-state index in [0.717, 1.165) is 5.56 Å². The van der Waals surface area contributed by atoms with Crippen LogP contribution in [0.25, 0.3) is 11.5 Å². The van der Waals surface area contributed by atoms with Crippen molar-refractivity contribution in [2.45, 2.75) is 6.92 Å². The largest absolute Gasteiger partial charge is 0.495 e. The van der Waals surface area contributed by atoms with Gasteiger partial charge in [0.15, 0.2) is 5.82 Å². The molecule has 0 atom stereocenters. The van der Waals surface area contributed by atoms with Crippen LogP contribution >= 0.6 is 0 Å². The number of hydrogen-bond donors (Lipinski definition) is 2. The van der Waals surface area contributed by atoms with Crippen molar-refractivity contribution in [3.8, 4) is 17.3 Å². The van der Waals surface area contributed by atoms with Crippen LogP contribution in [0.4, 0.5) is 10.1 Å². The molecular formula is C24H22FN5O3. The van der Waals surface area contributed by atoms with Gasteiger partial charge in [0.2, 0.25) is 5.91 Å². The van der Waals surface area contributed by atoms with Gasteiger partial charge in [0.1, 0.15) is 22.8 Å². The Bertz CT molecular complexity index is 1300. The molecule has 0 aliphatic rings. The topological polar surface area (TPSA) is 90.2 Å². The minimum Gasteiger partial charge on any atom is -0.495 e. The summed E-state index contributed by atoms with van der Waals surface area (Å²) in [6.07, 6.45) is 4.79. The fraction of sp³-hybridized carbons (Fsp3) is 0.125. The third-order valence-corrected chi connectivity index (χ3v) is 4.96. The highest BCUT2D eigenvalue weighted by Crippen LogP contribution is 2.25. The van der Waals surface area contributed by atoms with Gasteiger partial charge in [-0.3, -0.25) is 9.59 Å². The number of nitrogens with one attached hydrogen (secondary N) is 2. The summed E-state index contributed by atoms with van der Waals surface area (Å²) in [7, 11) is 1.51. The summed E-state index contributed by atoms with van der Waals surface area (Å²) in [5.41, 5.74) is 1.85. The molecule has 0 unspecified atom stereocenters. The quantitative estimate of drug-likeness (QED) is 0.454. The first-order valence-corrected chi connectivity index (χ1v) is 10.2. The molecule has 2 aromatic carbocycles. The number of para-hydroxylation sites is 1. The summed E-state index contributed by atoms with van der Waals surface area (Å²) in [4.78, 5) is 25.4. The SMILES string of the molecule is COc1ccc(C)cc1NC(=O)CNC(=O)c1cnn(-c2ccccc2F)c1-n1cccc1. The van der Waals surface area contributed by atoms with E-state index in [2.05, 4.69) is 15.7 Å². The normalized spacial score (nSPS) is 10.6. The zero-order chi connectivity index (χ0) is 23.4. The Morgan fingerprint density at radius 2 is 1.85 bits per heavy atom. The van der Waals surface area contributed by atoms with E-state index >= 15 is 0 Å². The summed E-state index contributed by atoms with van der Waals surface area (Å²) >= 11 is 0. The second-order valence-electron chi connectivity index (χ2n) is 7.27. The fourth-order valence-corrected chi connectivity index (χ4v) is 3.40. The van der Waals surface area contributed by atoms with Gasteiger partial charge in [0, 0.05) is 12.4 Å². The zero-order valence-electron chi connectivity index (χ0n) is 18.1. The molecule has 0 spiro atoms. The molecule has 0 fully saturated rings. The molecule has 33 heavy (non-hydrogen) atoms. The second-order valence-corrected chi connectivity index (χ2v) is 7.27. The molecule has 0 saturated heterocycles. The Hall–Kier alpha value is -4.40. The minimum atomic E-state index is -0.521. The molecule has 0 aliphatic heterocycles. The van der Waals surface area contributed by atoms with E-state index in [4.69, 9.17) is 4.74 Å². The molecule has 9 heteroatoms. The standard InChI is InChI=1S/C24H22FN5O3/c1-16-9-10-21(33-2)19(13-16)28-22(31)15-26-23(32)17-14-27-30(20-8-4-3-7-18(20)25)24(17)29-11-5-6-12-29/h3-14H,15H2,1-2H3,(H,26,32)(H,28,31). The van der Waals surface area contributed by atoms with Gasteiger partial charge in [-0.1, -0.05) is 18.2 Å². The van der Waals surface area contributed by atoms with Crippen molar-refractivity contribution in [1.29, 1.82) is 0 Å². The second kappa shape index (κ2) is 9.39. The van der Waals surface area contributed by atoms with Gasteiger partial charge in [0.05, 0.1) is 25.5 Å². The summed E-state index contributed by atoms with van der Waals surface area (Å²) < 4.78 is 22.7. The van der Waals surface area contributed by atoms with Gasteiger partial charge in [0.25, 0.3) is 5.91 Å². The summed E-state index contributed by atoms with van der Waals surface area (Å²) in [6.45, 7) is 1.62. The van der Waals surface area contributed by atoms with Gasteiger partial charge in [-0.25, -0.2) is 9.07 Å². The average Bonchev–Trinajstić information content (AvgIpc) is 3.48. The number of benzene rings is 2. The van der Waals surface area contributed by atoms with E-state index in [9.17, 15) is 14.0 Å². The Morgan fingerprint density at radius 1 is 1.09 bits per heavy atom. The lowest BCUT2D eigenvalue weighted by molar-refractivity contribution is -0.115. The molecule has 2 aromatic heterocycles. The van der Waals surface area contributed by atoms with Crippen LogP contribution in [0.3, 0.4) is 0 Å². The van der Waals surface area contributed by atoms with E-state index in [1.165, 1.54) is 24.1 Å². The first-order chi connectivity index (χ1) is 16.0. The first kappa shape index (κ1) is 21.8. The highest BCUT2D eigenvalue weighted by Gasteiger charge is 2.21. The first-order valence-electron chi connectivity index (χ1n) is 10.2. The van der Waals surface area contributed by atoms with E-state index in [1.807, 2.05) is 13.0 Å². The Labute approximate surface area is 189 Å². The number of hydrogen-bond acceptors (Lipinski definition) is 4. The number of nitrogens with zero attached hydrogens (tertiary/aromatic N) is 3. The highest BCUT2D eigenvalue weighted by atomic mass is 19.1. The number of carbonyl (C=O) groups excluding carboxylic acids is 2. The Balaban J connectivity index is 1.55.